The molecule has 0 aliphatic rings. The molecule has 2 unspecified atom stereocenters. The molecule has 0 heterocycles. The SMILES string of the molecule is CCCCCCCCCCCCCCCCCCCCCCCCC(=O)O[C@H](COC(=O)CCCCCCCCCCCCCCCCCCCCCCC)COP(=O)(O)OC[C@@H](O)COP(=O)(O)OC[C@@H](COC(=O)CCCCCCC)OC(=O)CCCCCCCCCC. The molecule has 0 aliphatic heterocycles. The Morgan fingerprint density at radius 3 is 0.615 bits per heavy atom. The molecule has 0 aromatic heterocycles. The Balaban J connectivity index is 5.05. The lowest BCUT2D eigenvalue weighted by atomic mass is 10.0. The summed E-state index contributed by atoms with van der Waals surface area (Å²) in [4.78, 5) is 72.4. The number of phosphoric ester groups is 2. The normalized spacial score (nSPS) is 13.9. The van der Waals surface area contributed by atoms with Crippen LogP contribution >= 0.6 is 15.6 Å². The fourth-order valence-electron chi connectivity index (χ4n) is 11.9. The molecule has 3 N–H and O–H groups in total. The van der Waals surface area contributed by atoms with Gasteiger partial charge in [0.05, 0.1) is 26.4 Å². The summed E-state index contributed by atoms with van der Waals surface area (Å²) in [6, 6.07) is 0. The molecule has 0 aromatic rings. The van der Waals surface area contributed by atoms with Crippen molar-refractivity contribution in [1.29, 1.82) is 0 Å². The molecule has 0 fully saturated rings. The van der Waals surface area contributed by atoms with Gasteiger partial charge in [0.25, 0.3) is 0 Å². The second-order valence-electron chi connectivity index (χ2n) is 27.7. The van der Waals surface area contributed by atoms with Crippen molar-refractivity contribution in [1.82, 2.24) is 0 Å². The van der Waals surface area contributed by atoms with E-state index in [2.05, 4.69) is 27.7 Å². The third-order valence-electron chi connectivity index (χ3n) is 18.1. The van der Waals surface area contributed by atoms with Crippen molar-refractivity contribution in [3.63, 3.8) is 0 Å². The van der Waals surface area contributed by atoms with Crippen LogP contribution in [0.2, 0.25) is 0 Å². The molecule has 0 saturated carbocycles. The highest BCUT2D eigenvalue weighted by molar-refractivity contribution is 7.47. The van der Waals surface area contributed by atoms with Crippen LogP contribution in [-0.2, 0) is 65.4 Å². The standard InChI is InChI=1S/C77H150O17P2/c1-5-9-13-17-20-23-25-27-29-31-33-35-37-39-41-43-45-47-49-52-56-60-64-77(82)94-73(68-88-75(80)62-58-54-51-48-46-44-42-40-38-36-34-32-30-28-26-24-21-18-14-10-6-2)70-92-96(85,86)90-66-71(78)65-89-95(83,84)91-69-72(67-87-74(79)61-57-53-16-12-8-4)93-76(81)63-59-55-50-22-19-15-11-7-3/h71-73,78H,5-70H2,1-4H3,(H,83,84)(H,85,86)/t71-,72+,73+/m0/s1. The van der Waals surface area contributed by atoms with Gasteiger partial charge in [-0.05, 0) is 25.7 Å². The minimum atomic E-state index is -4.95. The Morgan fingerprint density at radius 1 is 0.250 bits per heavy atom. The first-order chi connectivity index (χ1) is 46.7. The first-order valence-electron chi connectivity index (χ1n) is 40.3. The van der Waals surface area contributed by atoms with Crippen molar-refractivity contribution < 1.29 is 80.2 Å². The third kappa shape index (κ3) is 70.5. The Labute approximate surface area is 588 Å². The van der Waals surface area contributed by atoms with Gasteiger partial charge in [0.15, 0.2) is 12.2 Å². The molecule has 0 spiro atoms. The average molecular weight is 1410 g/mol. The molecule has 570 valence electrons. The molecule has 19 heteroatoms. The minimum absolute atomic E-state index is 0.105. The predicted octanol–water partition coefficient (Wildman–Crippen LogP) is 23.0. The van der Waals surface area contributed by atoms with E-state index >= 15 is 0 Å². The van der Waals surface area contributed by atoms with Gasteiger partial charge >= 0.3 is 39.5 Å². The van der Waals surface area contributed by atoms with Crippen molar-refractivity contribution in [3.8, 4) is 0 Å². The quantitative estimate of drug-likeness (QED) is 0.0222. The first-order valence-corrected chi connectivity index (χ1v) is 43.3. The van der Waals surface area contributed by atoms with Gasteiger partial charge in [-0.15, -0.1) is 0 Å². The maximum atomic E-state index is 13.1. The van der Waals surface area contributed by atoms with E-state index in [9.17, 15) is 43.2 Å². The monoisotopic (exact) mass is 1410 g/mol. The van der Waals surface area contributed by atoms with Crippen LogP contribution in [-0.4, -0.2) is 96.7 Å². The summed E-state index contributed by atoms with van der Waals surface area (Å²) < 4.78 is 68.2. The van der Waals surface area contributed by atoms with Crippen LogP contribution in [0.1, 0.15) is 413 Å². The van der Waals surface area contributed by atoms with Crippen LogP contribution in [0.5, 0.6) is 0 Å². The van der Waals surface area contributed by atoms with E-state index in [1.807, 2.05) is 0 Å². The van der Waals surface area contributed by atoms with Gasteiger partial charge in [0.2, 0.25) is 0 Å². The number of carbonyl (C=O) groups excluding carboxylic acids is 4. The third-order valence-corrected chi connectivity index (χ3v) is 20.0. The summed E-state index contributed by atoms with van der Waals surface area (Å²) in [5, 5.41) is 10.6. The molecule has 0 saturated heterocycles. The Kier molecular flexibility index (Phi) is 70.0. The van der Waals surface area contributed by atoms with E-state index < -0.39 is 97.5 Å². The largest absolute Gasteiger partial charge is 0.472 e. The van der Waals surface area contributed by atoms with Crippen LogP contribution in [0.3, 0.4) is 0 Å². The Morgan fingerprint density at radius 2 is 0.417 bits per heavy atom. The molecule has 96 heavy (non-hydrogen) atoms. The van der Waals surface area contributed by atoms with Crippen molar-refractivity contribution in [2.45, 2.75) is 431 Å². The summed E-state index contributed by atoms with van der Waals surface area (Å²) in [6.45, 7) is 4.86. The van der Waals surface area contributed by atoms with Crippen molar-refractivity contribution in [2.75, 3.05) is 39.6 Å². The maximum Gasteiger partial charge on any atom is 0.472 e. The number of hydrogen-bond donors (Lipinski definition) is 3. The van der Waals surface area contributed by atoms with Crippen LogP contribution in [0.15, 0.2) is 0 Å². The van der Waals surface area contributed by atoms with Gasteiger partial charge in [-0.1, -0.05) is 362 Å². The van der Waals surface area contributed by atoms with Crippen LogP contribution < -0.4 is 0 Å². The van der Waals surface area contributed by atoms with E-state index in [1.165, 1.54) is 231 Å². The lowest BCUT2D eigenvalue weighted by molar-refractivity contribution is -0.161. The molecular formula is C77H150O17P2. The summed E-state index contributed by atoms with van der Waals surface area (Å²) in [5.74, 6) is -2.13. The topological polar surface area (TPSA) is 237 Å². The number of phosphoric acid groups is 2. The van der Waals surface area contributed by atoms with Gasteiger partial charge in [0, 0.05) is 25.7 Å². The second kappa shape index (κ2) is 71.5. The van der Waals surface area contributed by atoms with Crippen molar-refractivity contribution in [2.24, 2.45) is 0 Å². The molecule has 0 aromatic carbocycles. The zero-order valence-electron chi connectivity index (χ0n) is 62.4. The molecule has 17 nitrogen and oxygen atoms in total. The van der Waals surface area contributed by atoms with Crippen LogP contribution in [0.4, 0.5) is 0 Å². The van der Waals surface area contributed by atoms with E-state index in [0.717, 1.165) is 103 Å². The molecule has 0 radical (unpaired) electrons. The number of rotatable bonds is 78. The zero-order valence-corrected chi connectivity index (χ0v) is 64.1. The molecule has 0 aliphatic carbocycles. The summed E-state index contributed by atoms with van der Waals surface area (Å²) >= 11 is 0. The van der Waals surface area contributed by atoms with E-state index in [0.29, 0.717) is 25.7 Å². The summed E-state index contributed by atoms with van der Waals surface area (Å²) in [7, 11) is -9.89. The number of aliphatic hydroxyl groups excluding tert-OH is 1. The maximum absolute atomic E-state index is 13.1. The Bertz CT molecular complexity index is 1830. The first kappa shape index (κ1) is 94.1. The van der Waals surface area contributed by atoms with Gasteiger partial charge in [-0.2, -0.15) is 0 Å². The van der Waals surface area contributed by atoms with E-state index in [4.69, 9.17) is 37.0 Å². The molecule has 5 atom stereocenters. The number of ether oxygens (including phenoxy) is 4. The zero-order chi connectivity index (χ0) is 70.4. The van der Waals surface area contributed by atoms with Crippen molar-refractivity contribution >= 4 is 39.5 Å². The smallest absolute Gasteiger partial charge is 0.462 e. The minimum Gasteiger partial charge on any atom is -0.462 e. The highest BCUT2D eigenvalue weighted by atomic mass is 31.2. The average Bonchev–Trinajstić information content (AvgIpc) is 1.44. The van der Waals surface area contributed by atoms with Gasteiger partial charge in [-0.3, -0.25) is 37.3 Å². The van der Waals surface area contributed by atoms with Gasteiger partial charge in [-0.25, -0.2) is 9.13 Å². The number of unbranched alkanes of at least 4 members (excludes halogenated alkanes) is 52. The van der Waals surface area contributed by atoms with Crippen LogP contribution in [0.25, 0.3) is 0 Å². The highest BCUT2D eigenvalue weighted by Gasteiger charge is 2.30. The molecular weight excluding hydrogens is 1260 g/mol. The number of aliphatic hydroxyl groups is 1. The molecule has 0 bridgehead atoms. The number of carbonyl (C=O) groups is 4. The fraction of sp³-hybridized carbons (Fsp3) is 0.948. The van der Waals surface area contributed by atoms with Gasteiger partial charge < -0.3 is 33.8 Å². The molecule has 0 amide bonds. The number of esters is 4. The van der Waals surface area contributed by atoms with Crippen LogP contribution in [0, 0.1) is 0 Å². The summed E-state index contributed by atoms with van der Waals surface area (Å²) in [5.41, 5.74) is 0. The Hall–Kier alpha value is -1.94. The van der Waals surface area contributed by atoms with E-state index in [-0.39, 0.29) is 25.7 Å². The second-order valence-corrected chi connectivity index (χ2v) is 30.7. The number of hydrogen-bond acceptors (Lipinski definition) is 15. The highest BCUT2D eigenvalue weighted by Crippen LogP contribution is 2.45. The van der Waals surface area contributed by atoms with E-state index in [1.54, 1.807) is 0 Å². The lowest BCUT2D eigenvalue weighted by Gasteiger charge is -2.21. The van der Waals surface area contributed by atoms with Gasteiger partial charge in [0.1, 0.15) is 19.3 Å². The predicted molar refractivity (Wildman–Crippen MR) is 391 cm³/mol. The lowest BCUT2D eigenvalue weighted by Crippen LogP contribution is -2.30. The fourth-order valence-corrected chi connectivity index (χ4v) is 13.5. The molecule has 0 rings (SSSR count). The van der Waals surface area contributed by atoms with Crippen molar-refractivity contribution in [3.05, 3.63) is 0 Å². The summed E-state index contributed by atoms with van der Waals surface area (Å²) in [6.07, 6.45) is 63.4.